The van der Waals surface area contributed by atoms with E-state index in [9.17, 15) is 4.79 Å². The summed E-state index contributed by atoms with van der Waals surface area (Å²) in [6.45, 7) is 6.46. The number of H-pyrrole nitrogens is 1. The summed E-state index contributed by atoms with van der Waals surface area (Å²) < 4.78 is 4.96. The topological polar surface area (TPSA) is 99.9 Å². The lowest BCUT2D eigenvalue weighted by atomic mass is 10.0. The number of aromatic nitrogens is 4. The molecule has 2 aromatic rings. The van der Waals surface area contributed by atoms with Crippen LogP contribution in [0, 0.1) is 6.92 Å². The zero-order valence-electron chi connectivity index (χ0n) is 12.1. The van der Waals surface area contributed by atoms with Crippen molar-refractivity contribution in [1.82, 2.24) is 30.8 Å². The summed E-state index contributed by atoms with van der Waals surface area (Å²) in [4.78, 5) is 14.3. The van der Waals surface area contributed by atoms with E-state index in [1.54, 1.807) is 6.26 Å². The Hall–Kier alpha value is -2.22. The van der Waals surface area contributed by atoms with Crippen molar-refractivity contribution in [2.75, 3.05) is 13.1 Å². The number of aromatic amines is 1. The third-order valence-electron chi connectivity index (χ3n) is 3.86. The van der Waals surface area contributed by atoms with Crippen molar-refractivity contribution in [3.8, 4) is 0 Å². The number of nitrogens with zero attached hydrogens (tertiary/aromatic N) is 4. The molecule has 0 saturated carbocycles. The Bertz CT molecular complexity index is 622. The van der Waals surface area contributed by atoms with E-state index in [4.69, 9.17) is 4.52 Å². The third-order valence-corrected chi connectivity index (χ3v) is 3.86. The van der Waals surface area contributed by atoms with Gasteiger partial charge in [-0.1, -0.05) is 5.16 Å². The van der Waals surface area contributed by atoms with Crippen molar-refractivity contribution in [3.63, 3.8) is 0 Å². The first-order valence-electron chi connectivity index (χ1n) is 6.86. The van der Waals surface area contributed by atoms with E-state index in [0.29, 0.717) is 5.69 Å². The minimum Gasteiger partial charge on any atom is -0.364 e. The third kappa shape index (κ3) is 2.94. The summed E-state index contributed by atoms with van der Waals surface area (Å²) in [6.07, 6.45) is 3.99. The maximum absolute atomic E-state index is 12.1. The second-order valence-corrected chi connectivity index (χ2v) is 5.76. The number of aryl methyl sites for hydroxylation is 1. The molecule has 1 amide bonds. The van der Waals surface area contributed by atoms with Crippen LogP contribution in [0.15, 0.2) is 17.0 Å². The molecule has 1 aliphatic rings. The van der Waals surface area contributed by atoms with Gasteiger partial charge in [-0.05, 0) is 20.3 Å². The summed E-state index contributed by atoms with van der Waals surface area (Å²) in [5.74, 6) is -0.200. The first-order valence-corrected chi connectivity index (χ1v) is 6.86. The van der Waals surface area contributed by atoms with Crippen LogP contribution in [-0.4, -0.2) is 50.0 Å². The number of nitrogens with one attached hydrogen (secondary N) is 2. The molecule has 1 saturated heterocycles. The van der Waals surface area contributed by atoms with Gasteiger partial charge in [0.2, 0.25) is 0 Å². The number of rotatable bonds is 4. The monoisotopic (exact) mass is 290 g/mol. The Balaban J connectivity index is 1.60. The molecule has 2 aromatic heterocycles. The van der Waals surface area contributed by atoms with E-state index < -0.39 is 0 Å². The van der Waals surface area contributed by atoms with E-state index in [0.717, 1.165) is 37.3 Å². The Kier molecular flexibility index (Phi) is 3.46. The molecule has 0 aliphatic carbocycles. The predicted octanol–water partition coefficient (Wildman–Crippen LogP) is 0.496. The lowest BCUT2D eigenvalue weighted by Gasteiger charge is -2.25. The highest BCUT2D eigenvalue weighted by Gasteiger charge is 2.35. The maximum atomic E-state index is 12.1. The Labute approximate surface area is 121 Å². The molecule has 1 fully saturated rings. The van der Waals surface area contributed by atoms with Gasteiger partial charge in [0.1, 0.15) is 6.26 Å². The van der Waals surface area contributed by atoms with Crippen LogP contribution >= 0.6 is 0 Å². The first kappa shape index (κ1) is 13.7. The SMILES string of the molecule is Cc1nocc1CN1CCC(C)(NC(=O)c2cn[nH]n2)C1. The van der Waals surface area contributed by atoms with Gasteiger partial charge in [0.05, 0.1) is 17.4 Å². The fourth-order valence-corrected chi connectivity index (χ4v) is 2.65. The van der Waals surface area contributed by atoms with E-state index in [1.807, 2.05) is 13.8 Å². The quantitative estimate of drug-likeness (QED) is 0.850. The summed E-state index contributed by atoms with van der Waals surface area (Å²) in [7, 11) is 0. The summed E-state index contributed by atoms with van der Waals surface area (Å²) in [5, 5.41) is 16.8. The van der Waals surface area contributed by atoms with E-state index >= 15 is 0 Å². The summed E-state index contributed by atoms with van der Waals surface area (Å²) in [5.41, 5.74) is 2.04. The van der Waals surface area contributed by atoms with Gasteiger partial charge in [0.15, 0.2) is 5.69 Å². The number of hydrogen-bond donors (Lipinski definition) is 2. The number of amides is 1. The molecule has 3 rings (SSSR count). The van der Waals surface area contributed by atoms with Crippen molar-refractivity contribution in [3.05, 3.63) is 29.4 Å². The standard InChI is InChI=1S/C13H18N6O2/c1-9-10(7-21-17-9)6-19-4-3-13(2,8-19)15-12(20)11-5-14-18-16-11/h5,7H,3-4,6,8H2,1-2H3,(H,15,20)(H,14,16,18). The molecule has 0 bridgehead atoms. The highest BCUT2D eigenvalue weighted by Crippen LogP contribution is 2.23. The average molecular weight is 290 g/mol. The van der Waals surface area contributed by atoms with Gasteiger partial charge in [0, 0.05) is 25.2 Å². The van der Waals surface area contributed by atoms with Crippen LogP contribution in [0.5, 0.6) is 0 Å². The smallest absolute Gasteiger partial charge is 0.273 e. The zero-order valence-corrected chi connectivity index (χ0v) is 12.1. The van der Waals surface area contributed by atoms with Crippen LogP contribution < -0.4 is 5.32 Å². The molecule has 112 valence electrons. The second kappa shape index (κ2) is 5.28. The predicted molar refractivity (Wildman–Crippen MR) is 73.4 cm³/mol. The minimum absolute atomic E-state index is 0.200. The largest absolute Gasteiger partial charge is 0.364 e. The van der Waals surface area contributed by atoms with Gasteiger partial charge in [0.25, 0.3) is 5.91 Å². The highest BCUT2D eigenvalue weighted by atomic mass is 16.5. The average Bonchev–Trinajstić information content (AvgIpc) is 3.14. The molecule has 8 nitrogen and oxygen atoms in total. The van der Waals surface area contributed by atoms with Gasteiger partial charge in [-0.2, -0.15) is 15.4 Å². The molecule has 1 aliphatic heterocycles. The van der Waals surface area contributed by atoms with Crippen LogP contribution in [0.1, 0.15) is 35.1 Å². The Morgan fingerprint density at radius 3 is 3.14 bits per heavy atom. The van der Waals surface area contributed by atoms with Crippen molar-refractivity contribution >= 4 is 5.91 Å². The van der Waals surface area contributed by atoms with E-state index in [2.05, 4.69) is 30.8 Å². The molecule has 0 radical (unpaired) electrons. The van der Waals surface area contributed by atoms with Crippen LogP contribution in [0.3, 0.4) is 0 Å². The number of likely N-dealkylation sites (tertiary alicyclic amines) is 1. The van der Waals surface area contributed by atoms with Gasteiger partial charge in [-0.15, -0.1) is 0 Å². The number of carbonyl (C=O) groups is 1. The number of carbonyl (C=O) groups excluding carboxylic acids is 1. The van der Waals surface area contributed by atoms with Crippen LogP contribution in [0.4, 0.5) is 0 Å². The van der Waals surface area contributed by atoms with E-state index in [-0.39, 0.29) is 11.4 Å². The van der Waals surface area contributed by atoms with Gasteiger partial charge in [-0.3, -0.25) is 9.69 Å². The van der Waals surface area contributed by atoms with Crippen molar-refractivity contribution in [1.29, 1.82) is 0 Å². The summed E-state index contributed by atoms with van der Waals surface area (Å²) >= 11 is 0. The fraction of sp³-hybridized carbons (Fsp3) is 0.538. The molecule has 2 N–H and O–H groups in total. The normalized spacial score (nSPS) is 22.6. The van der Waals surface area contributed by atoms with Gasteiger partial charge >= 0.3 is 0 Å². The first-order chi connectivity index (χ1) is 10.1. The Morgan fingerprint density at radius 1 is 1.62 bits per heavy atom. The molecule has 0 aromatic carbocycles. The highest BCUT2D eigenvalue weighted by molar-refractivity contribution is 5.92. The molecular formula is C13H18N6O2. The molecule has 8 heteroatoms. The molecular weight excluding hydrogens is 272 g/mol. The van der Waals surface area contributed by atoms with Crippen molar-refractivity contribution < 1.29 is 9.32 Å². The molecule has 3 heterocycles. The maximum Gasteiger partial charge on any atom is 0.273 e. The van der Waals surface area contributed by atoms with Crippen molar-refractivity contribution in [2.24, 2.45) is 0 Å². The molecule has 21 heavy (non-hydrogen) atoms. The van der Waals surface area contributed by atoms with Crippen LogP contribution in [0.2, 0.25) is 0 Å². The van der Waals surface area contributed by atoms with E-state index in [1.165, 1.54) is 6.20 Å². The van der Waals surface area contributed by atoms with Crippen LogP contribution in [0.25, 0.3) is 0 Å². The van der Waals surface area contributed by atoms with Gasteiger partial charge < -0.3 is 9.84 Å². The van der Waals surface area contributed by atoms with Crippen LogP contribution in [-0.2, 0) is 6.54 Å². The summed E-state index contributed by atoms with van der Waals surface area (Å²) in [6, 6.07) is 0. The minimum atomic E-state index is -0.263. The molecule has 1 atom stereocenters. The lowest BCUT2D eigenvalue weighted by Crippen LogP contribution is -2.48. The second-order valence-electron chi connectivity index (χ2n) is 5.76. The zero-order chi connectivity index (χ0) is 14.9. The number of hydrogen-bond acceptors (Lipinski definition) is 6. The molecule has 0 spiro atoms. The lowest BCUT2D eigenvalue weighted by molar-refractivity contribution is 0.0902. The molecule has 1 unspecified atom stereocenters. The van der Waals surface area contributed by atoms with Gasteiger partial charge in [-0.25, -0.2) is 0 Å². The van der Waals surface area contributed by atoms with Crippen molar-refractivity contribution in [2.45, 2.75) is 32.4 Å². The fourth-order valence-electron chi connectivity index (χ4n) is 2.65. The Morgan fingerprint density at radius 2 is 2.48 bits per heavy atom.